The normalized spacial score (nSPS) is 10.8. The first-order chi connectivity index (χ1) is 9.56. The molecule has 2 aromatic heterocycles. The molecule has 2 N–H and O–H groups in total. The smallest absolute Gasteiger partial charge is 0.321 e. The van der Waals surface area contributed by atoms with Crippen LogP contribution in [0.5, 0.6) is 0 Å². The zero-order chi connectivity index (χ0) is 14.5. The number of urea groups is 1. The van der Waals surface area contributed by atoms with E-state index in [0.717, 1.165) is 15.2 Å². The number of fused-ring (bicyclic) bond motifs is 1. The first-order valence-electron chi connectivity index (χ1n) is 5.97. The Hall–Kier alpha value is -1.67. The van der Waals surface area contributed by atoms with Crippen molar-refractivity contribution in [3.8, 4) is 0 Å². The fourth-order valence-electron chi connectivity index (χ4n) is 1.48. The van der Waals surface area contributed by atoms with Gasteiger partial charge >= 0.3 is 6.03 Å². The van der Waals surface area contributed by atoms with Crippen LogP contribution in [0, 0.1) is 0 Å². The van der Waals surface area contributed by atoms with Gasteiger partial charge in [0.1, 0.15) is 16.2 Å². The number of thiophene rings is 1. The number of carbonyl (C=O) groups is 2. The monoisotopic (exact) mass is 310 g/mol. The largest absolute Gasteiger partial charge is 0.336 e. The molecule has 0 spiro atoms. The van der Waals surface area contributed by atoms with E-state index in [9.17, 15) is 9.59 Å². The zero-order valence-corrected chi connectivity index (χ0v) is 12.7. The van der Waals surface area contributed by atoms with Gasteiger partial charge in [-0.05, 0) is 25.3 Å². The topological polar surface area (TPSA) is 84.0 Å². The lowest BCUT2D eigenvalue weighted by atomic mass is 10.4. The van der Waals surface area contributed by atoms with Crippen LogP contribution in [0.2, 0.25) is 0 Å². The molecule has 0 radical (unpaired) electrons. The van der Waals surface area contributed by atoms with Crippen molar-refractivity contribution in [1.29, 1.82) is 0 Å². The van der Waals surface area contributed by atoms with Gasteiger partial charge in [-0.2, -0.15) is 0 Å². The minimum atomic E-state index is -0.478. The van der Waals surface area contributed by atoms with E-state index in [-0.39, 0.29) is 17.7 Å². The Morgan fingerprint density at radius 2 is 2.20 bits per heavy atom. The summed E-state index contributed by atoms with van der Waals surface area (Å²) in [5.74, 6) is -0.219. The highest BCUT2D eigenvalue weighted by molar-refractivity contribution is 8.00. The van der Waals surface area contributed by atoms with Gasteiger partial charge in [0, 0.05) is 11.4 Å². The van der Waals surface area contributed by atoms with Gasteiger partial charge in [-0.1, -0.05) is 11.8 Å². The second-order valence-corrected chi connectivity index (χ2v) is 6.14. The number of thioether (sulfide) groups is 1. The summed E-state index contributed by atoms with van der Waals surface area (Å²) in [7, 11) is 0. The van der Waals surface area contributed by atoms with Gasteiger partial charge in [-0.15, -0.1) is 11.3 Å². The van der Waals surface area contributed by atoms with E-state index < -0.39 is 6.03 Å². The highest BCUT2D eigenvalue weighted by atomic mass is 32.2. The van der Waals surface area contributed by atoms with E-state index in [4.69, 9.17) is 0 Å². The molecule has 0 fully saturated rings. The number of nitrogens with zero attached hydrogens (tertiary/aromatic N) is 2. The lowest BCUT2D eigenvalue weighted by Crippen LogP contribution is -2.43. The standard InChI is InChI=1S/C12H14N4O2S2/c1-7(2)15-12(18)16-9(17)5-20-11-8-3-4-19-10(8)13-6-14-11/h3-4,6-7H,5H2,1-2H3,(H2,15,16,17,18). The molecule has 6 nitrogen and oxygen atoms in total. The lowest BCUT2D eigenvalue weighted by molar-refractivity contribution is -0.117. The molecule has 3 amide bonds. The van der Waals surface area contributed by atoms with Crippen molar-refractivity contribution in [3.63, 3.8) is 0 Å². The maximum atomic E-state index is 11.6. The molecule has 2 heterocycles. The number of hydrogen-bond acceptors (Lipinski definition) is 6. The Morgan fingerprint density at radius 1 is 1.40 bits per heavy atom. The number of carbonyl (C=O) groups excluding carboxylic acids is 2. The first-order valence-corrected chi connectivity index (χ1v) is 7.84. The van der Waals surface area contributed by atoms with Crippen LogP contribution in [-0.4, -0.2) is 33.7 Å². The Balaban J connectivity index is 1.90. The van der Waals surface area contributed by atoms with Crippen molar-refractivity contribution in [2.45, 2.75) is 24.9 Å². The summed E-state index contributed by atoms with van der Waals surface area (Å²) >= 11 is 2.81. The van der Waals surface area contributed by atoms with E-state index in [2.05, 4.69) is 20.6 Å². The van der Waals surface area contributed by atoms with Crippen LogP contribution in [0.1, 0.15) is 13.8 Å². The average Bonchev–Trinajstić information content (AvgIpc) is 2.83. The van der Waals surface area contributed by atoms with Gasteiger partial charge in [0.25, 0.3) is 0 Å². The van der Waals surface area contributed by atoms with E-state index in [0.29, 0.717) is 0 Å². The average molecular weight is 310 g/mol. The molecule has 0 bridgehead atoms. The third kappa shape index (κ3) is 3.91. The van der Waals surface area contributed by atoms with E-state index in [1.807, 2.05) is 25.3 Å². The predicted molar refractivity (Wildman–Crippen MR) is 79.9 cm³/mol. The molecule has 0 aliphatic carbocycles. The van der Waals surface area contributed by atoms with E-state index in [1.54, 1.807) is 0 Å². The van der Waals surface area contributed by atoms with Crippen LogP contribution < -0.4 is 10.6 Å². The number of rotatable bonds is 4. The number of imide groups is 1. The molecule has 0 atom stereocenters. The number of aromatic nitrogens is 2. The van der Waals surface area contributed by atoms with Crippen molar-refractivity contribution in [3.05, 3.63) is 17.8 Å². The third-order valence-corrected chi connectivity index (χ3v) is 4.06. The van der Waals surface area contributed by atoms with Gasteiger partial charge in [-0.3, -0.25) is 10.1 Å². The molecule has 0 aliphatic rings. The zero-order valence-electron chi connectivity index (χ0n) is 11.0. The predicted octanol–water partition coefficient (Wildman–Crippen LogP) is 2.02. The Morgan fingerprint density at radius 3 is 2.95 bits per heavy atom. The molecule has 0 saturated heterocycles. The van der Waals surface area contributed by atoms with E-state index in [1.165, 1.54) is 29.4 Å². The van der Waals surface area contributed by atoms with Crippen molar-refractivity contribution >= 4 is 45.3 Å². The molecule has 0 saturated carbocycles. The summed E-state index contributed by atoms with van der Waals surface area (Å²) in [5.41, 5.74) is 0. The van der Waals surface area contributed by atoms with Crippen molar-refractivity contribution in [1.82, 2.24) is 20.6 Å². The van der Waals surface area contributed by atoms with Gasteiger partial charge < -0.3 is 5.32 Å². The molecule has 8 heteroatoms. The van der Waals surface area contributed by atoms with Gasteiger partial charge in [-0.25, -0.2) is 14.8 Å². The lowest BCUT2D eigenvalue weighted by Gasteiger charge is -2.08. The summed E-state index contributed by atoms with van der Waals surface area (Å²) < 4.78 is 0. The van der Waals surface area contributed by atoms with Crippen LogP contribution in [-0.2, 0) is 4.79 Å². The fraction of sp³-hybridized carbons (Fsp3) is 0.333. The minimum Gasteiger partial charge on any atom is -0.336 e. The van der Waals surface area contributed by atoms with E-state index >= 15 is 0 Å². The fourth-order valence-corrected chi connectivity index (χ4v) is 3.06. The molecule has 106 valence electrons. The number of nitrogens with one attached hydrogen (secondary N) is 2. The molecular formula is C12H14N4O2S2. The van der Waals surface area contributed by atoms with Gasteiger partial charge in [0.05, 0.1) is 5.75 Å². The molecule has 2 rings (SSSR count). The number of hydrogen-bond donors (Lipinski definition) is 2. The summed E-state index contributed by atoms with van der Waals surface area (Å²) in [5, 5.41) is 8.47. The number of amides is 3. The third-order valence-electron chi connectivity index (χ3n) is 2.24. The quantitative estimate of drug-likeness (QED) is 0.667. The molecule has 2 aromatic rings. The molecule has 20 heavy (non-hydrogen) atoms. The van der Waals surface area contributed by atoms with Crippen LogP contribution in [0.25, 0.3) is 10.2 Å². The van der Waals surface area contributed by atoms with Crippen molar-refractivity contribution in [2.75, 3.05) is 5.75 Å². The van der Waals surface area contributed by atoms with Gasteiger partial charge in [0.15, 0.2) is 0 Å². The summed E-state index contributed by atoms with van der Waals surface area (Å²) in [4.78, 5) is 32.2. The van der Waals surface area contributed by atoms with Crippen molar-refractivity contribution in [2.24, 2.45) is 0 Å². The summed E-state index contributed by atoms with van der Waals surface area (Å²) in [6, 6.07) is 1.43. The Labute approximate surface area is 124 Å². The highest BCUT2D eigenvalue weighted by Gasteiger charge is 2.11. The maximum Gasteiger partial charge on any atom is 0.321 e. The van der Waals surface area contributed by atoms with Crippen LogP contribution >= 0.6 is 23.1 Å². The minimum absolute atomic E-state index is 0.0113. The van der Waals surface area contributed by atoms with Crippen LogP contribution in [0.3, 0.4) is 0 Å². The summed E-state index contributed by atoms with van der Waals surface area (Å²) in [6.45, 7) is 3.65. The summed E-state index contributed by atoms with van der Waals surface area (Å²) in [6.07, 6.45) is 1.48. The first kappa shape index (κ1) is 14.7. The highest BCUT2D eigenvalue weighted by Crippen LogP contribution is 2.27. The van der Waals surface area contributed by atoms with Crippen LogP contribution in [0.15, 0.2) is 22.8 Å². The Bertz CT molecular complexity index is 627. The molecule has 0 unspecified atom stereocenters. The second kappa shape index (κ2) is 6.67. The van der Waals surface area contributed by atoms with Crippen LogP contribution in [0.4, 0.5) is 4.79 Å². The second-order valence-electron chi connectivity index (χ2n) is 4.28. The molecule has 0 aliphatic heterocycles. The molecular weight excluding hydrogens is 296 g/mol. The maximum absolute atomic E-state index is 11.6. The molecule has 0 aromatic carbocycles. The van der Waals surface area contributed by atoms with Gasteiger partial charge in [0.2, 0.25) is 5.91 Å². The van der Waals surface area contributed by atoms with Crippen molar-refractivity contribution < 1.29 is 9.59 Å². The SMILES string of the molecule is CC(C)NC(=O)NC(=O)CSc1ncnc2sccc12. The Kier molecular flexibility index (Phi) is 4.91.